The van der Waals surface area contributed by atoms with Crippen molar-refractivity contribution < 1.29 is 18.7 Å². The van der Waals surface area contributed by atoms with E-state index in [9.17, 15) is 14.0 Å². The highest BCUT2D eigenvalue weighted by Gasteiger charge is 2.13. The van der Waals surface area contributed by atoms with Gasteiger partial charge in [0.2, 0.25) is 11.8 Å². The third-order valence-electron chi connectivity index (χ3n) is 3.82. The zero-order valence-electron chi connectivity index (χ0n) is 15.5. The highest BCUT2D eigenvalue weighted by molar-refractivity contribution is 8.00. The Morgan fingerprint density at radius 3 is 2.56 bits per heavy atom. The van der Waals surface area contributed by atoms with E-state index in [1.54, 1.807) is 13.0 Å². The maximum Gasteiger partial charge on any atom is 0.234 e. The van der Waals surface area contributed by atoms with Gasteiger partial charge >= 0.3 is 0 Å². The maximum atomic E-state index is 13.8. The first-order chi connectivity index (χ1) is 12.9. The first-order valence-electron chi connectivity index (χ1n) is 8.46. The molecule has 0 heterocycles. The number of methoxy groups -OCH3 is 1. The highest BCUT2D eigenvalue weighted by Crippen LogP contribution is 2.21. The van der Waals surface area contributed by atoms with Gasteiger partial charge in [0.05, 0.1) is 24.7 Å². The van der Waals surface area contributed by atoms with Gasteiger partial charge in [-0.15, -0.1) is 11.8 Å². The van der Waals surface area contributed by atoms with Crippen molar-refractivity contribution in [3.63, 3.8) is 0 Å². The maximum absolute atomic E-state index is 13.8. The summed E-state index contributed by atoms with van der Waals surface area (Å²) in [6.45, 7) is 3.72. The number of halogens is 1. The van der Waals surface area contributed by atoms with Gasteiger partial charge < -0.3 is 15.4 Å². The van der Waals surface area contributed by atoms with Crippen molar-refractivity contribution in [3.05, 3.63) is 59.4 Å². The molecule has 2 amide bonds. The van der Waals surface area contributed by atoms with Crippen molar-refractivity contribution in [3.8, 4) is 5.75 Å². The van der Waals surface area contributed by atoms with E-state index < -0.39 is 5.82 Å². The topological polar surface area (TPSA) is 67.4 Å². The lowest BCUT2D eigenvalue weighted by atomic mass is 10.1. The smallest absolute Gasteiger partial charge is 0.234 e. The molecule has 1 atom stereocenters. The number of rotatable bonds is 8. The van der Waals surface area contributed by atoms with E-state index in [0.717, 1.165) is 11.3 Å². The molecule has 0 aromatic heterocycles. The van der Waals surface area contributed by atoms with Gasteiger partial charge in [0.1, 0.15) is 0 Å². The quantitative estimate of drug-likeness (QED) is 0.721. The summed E-state index contributed by atoms with van der Waals surface area (Å²) in [5.74, 6) is -0.376. The van der Waals surface area contributed by atoms with Crippen molar-refractivity contribution in [2.45, 2.75) is 19.9 Å². The molecular formula is C20H23FN2O3S. The first-order valence-corrected chi connectivity index (χ1v) is 9.61. The minimum absolute atomic E-state index is 0.143. The molecule has 0 saturated carbocycles. The minimum Gasteiger partial charge on any atom is -0.494 e. The summed E-state index contributed by atoms with van der Waals surface area (Å²) >= 11 is 1.22. The molecule has 0 aliphatic rings. The number of carbonyl (C=O) groups excluding carboxylic acids is 2. The van der Waals surface area contributed by atoms with E-state index >= 15 is 0 Å². The van der Waals surface area contributed by atoms with Crippen LogP contribution in [0.2, 0.25) is 0 Å². The summed E-state index contributed by atoms with van der Waals surface area (Å²) in [6, 6.07) is 11.7. The number of ether oxygens (including phenoxy) is 1. The van der Waals surface area contributed by atoms with Crippen LogP contribution in [-0.2, 0) is 9.59 Å². The lowest BCUT2D eigenvalue weighted by Gasteiger charge is -2.15. The van der Waals surface area contributed by atoms with Crippen LogP contribution in [0.4, 0.5) is 10.1 Å². The second kappa shape index (κ2) is 9.97. The summed E-state index contributed by atoms with van der Waals surface area (Å²) < 4.78 is 18.6. The predicted molar refractivity (Wildman–Crippen MR) is 107 cm³/mol. The molecule has 2 N–H and O–H groups in total. The number of hydrogen-bond acceptors (Lipinski definition) is 4. The van der Waals surface area contributed by atoms with Gasteiger partial charge in [-0.05, 0) is 49.2 Å². The van der Waals surface area contributed by atoms with Crippen molar-refractivity contribution >= 4 is 29.3 Å². The Bertz CT molecular complexity index is 814. The van der Waals surface area contributed by atoms with Gasteiger partial charge in [0.15, 0.2) is 11.6 Å². The molecule has 2 aromatic carbocycles. The van der Waals surface area contributed by atoms with Crippen LogP contribution in [0.5, 0.6) is 5.75 Å². The molecule has 0 radical (unpaired) electrons. The number of benzene rings is 2. The van der Waals surface area contributed by atoms with E-state index in [1.807, 2.05) is 31.2 Å². The fourth-order valence-electron chi connectivity index (χ4n) is 2.47. The Balaban J connectivity index is 1.75. The normalized spacial score (nSPS) is 11.6. The summed E-state index contributed by atoms with van der Waals surface area (Å²) in [7, 11) is 1.40. The predicted octanol–water partition coefficient (Wildman–Crippen LogP) is 3.69. The van der Waals surface area contributed by atoms with Crippen LogP contribution >= 0.6 is 11.8 Å². The molecular weight excluding hydrogens is 367 g/mol. The Hall–Kier alpha value is -2.54. The number of amides is 2. The van der Waals surface area contributed by atoms with Crippen LogP contribution < -0.4 is 15.4 Å². The van der Waals surface area contributed by atoms with Crippen LogP contribution in [0.1, 0.15) is 24.1 Å². The van der Waals surface area contributed by atoms with Crippen molar-refractivity contribution in [2.75, 3.05) is 23.9 Å². The van der Waals surface area contributed by atoms with Gasteiger partial charge in [0.25, 0.3) is 0 Å². The minimum atomic E-state index is -0.474. The monoisotopic (exact) mass is 390 g/mol. The van der Waals surface area contributed by atoms with Gasteiger partial charge in [-0.25, -0.2) is 4.39 Å². The fourth-order valence-corrected chi connectivity index (χ4v) is 3.10. The van der Waals surface area contributed by atoms with E-state index in [1.165, 1.54) is 31.0 Å². The average molecular weight is 390 g/mol. The lowest BCUT2D eigenvalue weighted by Crippen LogP contribution is -2.29. The second-order valence-corrected chi connectivity index (χ2v) is 7.08. The highest BCUT2D eigenvalue weighted by atomic mass is 32.2. The zero-order chi connectivity index (χ0) is 19.8. The standard InChI is InChI=1S/C20H23FN2O3S/c1-13-5-4-6-16(9-13)23-20(25)12-27-11-19(24)22-14(2)15-7-8-18(26-3)17(21)10-15/h4-10,14H,11-12H2,1-3H3,(H,22,24)(H,23,25)/t14-/m0/s1. The molecule has 0 aliphatic carbocycles. The van der Waals surface area contributed by atoms with Crippen LogP contribution in [0.3, 0.4) is 0 Å². The molecule has 144 valence electrons. The SMILES string of the molecule is COc1ccc([C@H](C)NC(=O)CSCC(=O)Nc2cccc(C)c2)cc1F. The number of nitrogens with one attached hydrogen (secondary N) is 2. The van der Waals surface area contributed by atoms with Crippen molar-refractivity contribution in [2.24, 2.45) is 0 Å². The molecule has 2 aromatic rings. The fraction of sp³-hybridized carbons (Fsp3) is 0.300. The molecule has 0 spiro atoms. The number of thioether (sulfide) groups is 1. The second-order valence-electron chi connectivity index (χ2n) is 6.09. The number of aryl methyl sites for hydroxylation is 1. The molecule has 0 saturated heterocycles. The van der Waals surface area contributed by atoms with E-state index in [2.05, 4.69) is 10.6 Å². The molecule has 0 fully saturated rings. The van der Waals surface area contributed by atoms with Gasteiger partial charge in [-0.1, -0.05) is 18.2 Å². The van der Waals surface area contributed by atoms with E-state index in [0.29, 0.717) is 5.56 Å². The van der Waals surface area contributed by atoms with Crippen molar-refractivity contribution in [1.29, 1.82) is 0 Å². The molecule has 0 bridgehead atoms. The van der Waals surface area contributed by atoms with Crippen LogP contribution in [-0.4, -0.2) is 30.4 Å². The third-order valence-corrected chi connectivity index (χ3v) is 4.75. The van der Waals surface area contributed by atoms with E-state index in [-0.39, 0.29) is 35.1 Å². The number of carbonyl (C=O) groups is 2. The molecule has 0 aliphatic heterocycles. The molecule has 27 heavy (non-hydrogen) atoms. The zero-order valence-corrected chi connectivity index (χ0v) is 16.4. The van der Waals surface area contributed by atoms with Crippen LogP contribution in [0, 0.1) is 12.7 Å². The third kappa shape index (κ3) is 6.60. The Labute approximate surface area is 162 Å². The van der Waals surface area contributed by atoms with Gasteiger partial charge in [-0.3, -0.25) is 9.59 Å². The van der Waals surface area contributed by atoms with Gasteiger partial charge in [-0.2, -0.15) is 0 Å². The molecule has 2 rings (SSSR count). The molecule has 5 nitrogen and oxygen atoms in total. The van der Waals surface area contributed by atoms with Crippen LogP contribution in [0.25, 0.3) is 0 Å². The molecule has 7 heteroatoms. The Morgan fingerprint density at radius 2 is 1.89 bits per heavy atom. The first kappa shape index (κ1) is 20.8. The van der Waals surface area contributed by atoms with Crippen molar-refractivity contribution in [1.82, 2.24) is 5.32 Å². The summed E-state index contributed by atoms with van der Waals surface area (Å²) in [6.07, 6.45) is 0. The summed E-state index contributed by atoms with van der Waals surface area (Å²) in [4.78, 5) is 24.0. The van der Waals surface area contributed by atoms with E-state index in [4.69, 9.17) is 4.74 Å². The summed E-state index contributed by atoms with van der Waals surface area (Å²) in [5.41, 5.74) is 2.44. The Kier molecular flexibility index (Phi) is 7.67. The van der Waals surface area contributed by atoms with Gasteiger partial charge in [0, 0.05) is 5.69 Å². The largest absolute Gasteiger partial charge is 0.494 e. The Morgan fingerprint density at radius 1 is 1.15 bits per heavy atom. The lowest BCUT2D eigenvalue weighted by molar-refractivity contribution is -0.119. The summed E-state index contributed by atoms with van der Waals surface area (Å²) in [5, 5.41) is 5.59. The number of hydrogen-bond donors (Lipinski definition) is 2. The van der Waals surface area contributed by atoms with Crippen LogP contribution in [0.15, 0.2) is 42.5 Å². The average Bonchev–Trinajstić information content (AvgIpc) is 2.61. The number of anilines is 1. The molecule has 0 unspecified atom stereocenters.